The number of benzene rings is 2. The average molecular weight is 753 g/mol. The lowest BCUT2D eigenvalue weighted by molar-refractivity contribution is -0.189. The minimum Gasteiger partial charge on any atom is -0.420 e. The van der Waals surface area contributed by atoms with E-state index in [0.717, 1.165) is 24.3 Å². The fraction of sp³-hybridized carbons (Fsp3) is 0.472. The third-order valence-electron chi connectivity index (χ3n) is 8.24. The topological polar surface area (TPSA) is 169 Å². The first-order chi connectivity index (χ1) is 24.6. The first kappa shape index (κ1) is 42.5. The first-order valence-corrected chi connectivity index (χ1v) is 16.8. The van der Waals surface area contributed by atoms with Crippen LogP contribution < -0.4 is 21.1 Å². The summed E-state index contributed by atoms with van der Waals surface area (Å²) in [5.41, 5.74) is 4.74. The van der Waals surface area contributed by atoms with Crippen molar-refractivity contribution in [1.82, 2.24) is 25.1 Å². The molecular formula is C36H45F5N6O6. The molecule has 0 aliphatic heterocycles. The molecule has 0 aliphatic rings. The quantitative estimate of drug-likeness (QED) is 0.0774. The number of carbonyl (C=O) groups excluding carboxylic acids is 4. The molecule has 0 unspecified atom stereocenters. The van der Waals surface area contributed by atoms with Crippen molar-refractivity contribution in [2.24, 2.45) is 17.1 Å². The summed E-state index contributed by atoms with van der Waals surface area (Å²) in [4.78, 5) is 56.1. The summed E-state index contributed by atoms with van der Waals surface area (Å²) in [6, 6.07) is 5.39. The van der Waals surface area contributed by atoms with Crippen LogP contribution >= 0.6 is 0 Å². The molecule has 0 fully saturated rings. The number of amides is 3. The highest BCUT2D eigenvalue weighted by atomic mass is 19.4. The second-order valence-electron chi connectivity index (χ2n) is 13.9. The van der Waals surface area contributed by atoms with Crippen LogP contribution in [0.4, 0.5) is 22.0 Å². The minimum atomic E-state index is -5.29. The Morgan fingerprint density at radius 1 is 1.02 bits per heavy atom. The van der Waals surface area contributed by atoms with E-state index in [1.807, 2.05) is 0 Å². The molecule has 0 radical (unpaired) electrons. The molecule has 2 aromatic carbocycles. The Labute approximate surface area is 303 Å². The zero-order valence-corrected chi connectivity index (χ0v) is 30.3. The van der Waals surface area contributed by atoms with Gasteiger partial charge in [-0.25, -0.2) is 18.6 Å². The Hall–Kier alpha value is -4.90. The molecule has 3 amide bonds. The highest BCUT2D eigenvalue weighted by molar-refractivity contribution is 5.89. The maximum Gasteiger partial charge on any atom is 0.491 e. The molecule has 0 bridgehead atoms. The Bertz CT molecular complexity index is 1770. The van der Waals surface area contributed by atoms with Crippen LogP contribution in [0.5, 0.6) is 5.75 Å². The number of halogens is 5. The second-order valence-corrected chi connectivity index (χ2v) is 13.9. The van der Waals surface area contributed by atoms with Gasteiger partial charge in [0.05, 0.1) is 24.3 Å². The maximum atomic E-state index is 15.0. The van der Waals surface area contributed by atoms with Crippen molar-refractivity contribution in [2.45, 2.75) is 78.8 Å². The van der Waals surface area contributed by atoms with Crippen LogP contribution in [0.2, 0.25) is 0 Å². The van der Waals surface area contributed by atoms with E-state index < -0.39 is 77.4 Å². The molecular weight excluding hydrogens is 707 g/mol. The SMILES string of the molecule is CC(C)[C@H](N)C(=O)N[C@@H](C)C(=O)NCCCN(C(=O)CO)[C@@H](c1nc(-c2cc(F)ccc2F)cn1Cc1ccccc1OC(=O)C(F)(F)F)C(C)(C)C. The van der Waals surface area contributed by atoms with Gasteiger partial charge in [-0.05, 0) is 48.9 Å². The molecule has 3 aromatic rings. The van der Waals surface area contributed by atoms with Crippen molar-refractivity contribution >= 4 is 23.7 Å². The first-order valence-electron chi connectivity index (χ1n) is 16.8. The predicted octanol–water partition coefficient (Wildman–Crippen LogP) is 4.25. The van der Waals surface area contributed by atoms with Gasteiger partial charge in [0, 0.05) is 30.4 Å². The van der Waals surface area contributed by atoms with Crippen molar-refractivity contribution in [2.75, 3.05) is 19.7 Å². The van der Waals surface area contributed by atoms with Gasteiger partial charge in [0.1, 0.15) is 35.9 Å². The highest BCUT2D eigenvalue weighted by Gasteiger charge is 2.42. The number of nitrogens with one attached hydrogen (secondary N) is 2. The van der Waals surface area contributed by atoms with E-state index in [0.29, 0.717) is 0 Å². The number of imidazole rings is 1. The third kappa shape index (κ3) is 11.3. The zero-order valence-electron chi connectivity index (χ0n) is 30.3. The fourth-order valence-electron chi connectivity index (χ4n) is 5.45. The van der Waals surface area contributed by atoms with Gasteiger partial charge in [-0.1, -0.05) is 52.8 Å². The van der Waals surface area contributed by atoms with Crippen LogP contribution in [-0.2, 0) is 25.7 Å². The van der Waals surface area contributed by atoms with Crippen LogP contribution in [0, 0.1) is 23.0 Å². The normalized spacial score (nSPS) is 13.6. The van der Waals surface area contributed by atoms with Gasteiger partial charge < -0.3 is 35.7 Å². The highest BCUT2D eigenvalue weighted by Crippen LogP contribution is 2.40. The van der Waals surface area contributed by atoms with Crippen LogP contribution in [0.15, 0.2) is 48.7 Å². The number of esters is 1. The van der Waals surface area contributed by atoms with E-state index in [1.165, 1.54) is 40.8 Å². The standard InChI is InChI=1S/C36H45F5N6O6/c1-20(2)29(42)33(51)44-21(3)32(50)43-14-9-15-47(28(49)19-48)30(35(4,5)6)31-45-26(24-16-23(37)12-13-25(24)38)18-46(31)17-22-10-7-8-11-27(22)53-34(52)36(39,40)41/h7-8,10-13,16,18,20-21,29-30,48H,9,14-15,17,19,42H2,1-6H3,(H,43,50)(H,44,51)/t21-,29-,30-/m0/s1. The summed E-state index contributed by atoms with van der Waals surface area (Å²) in [6.07, 6.45) is -3.81. The Morgan fingerprint density at radius 2 is 1.68 bits per heavy atom. The van der Waals surface area contributed by atoms with Gasteiger partial charge in [-0.3, -0.25) is 14.4 Å². The average Bonchev–Trinajstić information content (AvgIpc) is 3.48. The molecule has 53 heavy (non-hydrogen) atoms. The molecule has 17 heteroatoms. The molecule has 1 aromatic heterocycles. The van der Waals surface area contributed by atoms with Crippen molar-refractivity contribution in [3.63, 3.8) is 0 Å². The summed E-state index contributed by atoms with van der Waals surface area (Å²) >= 11 is 0. The fourth-order valence-corrected chi connectivity index (χ4v) is 5.45. The molecule has 0 spiro atoms. The van der Waals surface area contributed by atoms with E-state index in [2.05, 4.69) is 20.4 Å². The molecule has 0 saturated carbocycles. The molecule has 3 atom stereocenters. The molecule has 1 heterocycles. The molecule has 5 N–H and O–H groups in total. The minimum absolute atomic E-state index is 0.0352. The lowest BCUT2D eigenvalue weighted by atomic mass is 9.84. The number of para-hydroxylation sites is 1. The van der Waals surface area contributed by atoms with Gasteiger partial charge in [-0.2, -0.15) is 13.2 Å². The molecule has 3 rings (SSSR count). The lowest BCUT2D eigenvalue weighted by Gasteiger charge is -2.40. The second kappa shape index (κ2) is 17.7. The summed E-state index contributed by atoms with van der Waals surface area (Å²) in [5.74, 6) is -6.30. The van der Waals surface area contributed by atoms with E-state index in [1.54, 1.807) is 34.6 Å². The summed E-state index contributed by atoms with van der Waals surface area (Å²) in [7, 11) is 0. The summed E-state index contributed by atoms with van der Waals surface area (Å²) < 4.78 is 74.8. The van der Waals surface area contributed by atoms with Gasteiger partial charge in [0.2, 0.25) is 17.7 Å². The Balaban J connectivity index is 2.02. The van der Waals surface area contributed by atoms with Crippen molar-refractivity contribution in [3.05, 3.63) is 71.7 Å². The third-order valence-corrected chi connectivity index (χ3v) is 8.24. The molecule has 0 aliphatic carbocycles. The number of aliphatic hydroxyl groups is 1. The van der Waals surface area contributed by atoms with Crippen LogP contribution in [0.25, 0.3) is 11.3 Å². The van der Waals surface area contributed by atoms with Gasteiger partial charge >= 0.3 is 12.1 Å². The number of hydrogen-bond acceptors (Lipinski definition) is 8. The molecule has 0 saturated heterocycles. The van der Waals surface area contributed by atoms with E-state index in [4.69, 9.17) is 5.73 Å². The number of carbonyl (C=O) groups is 4. The number of aliphatic hydroxyl groups excluding tert-OH is 1. The predicted molar refractivity (Wildman–Crippen MR) is 184 cm³/mol. The Morgan fingerprint density at radius 3 is 2.28 bits per heavy atom. The maximum absolute atomic E-state index is 15.0. The lowest BCUT2D eigenvalue weighted by Crippen LogP contribution is -2.52. The molecule has 290 valence electrons. The van der Waals surface area contributed by atoms with Crippen molar-refractivity contribution in [1.29, 1.82) is 0 Å². The van der Waals surface area contributed by atoms with Crippen LogP contribution in [0.1, 0.15) is 65.4 Å². The largest absolute Gasteiger partial charge is 0.491 e. The number of alkyl halides is 3. The smallest absolute Gasteiger partial charge is 0.420 e. The number of nitrogens with two attached hydrogens (primary N) is 1. The molecule has 12 nitrogen and oxygen atoms in total. The summed E-state index contributed by atoms with van der Waals surface area (Å²) in [5, 5.41) is 15.3. The van der Waals surface area contributed by atoms with Crippen LogP contribution in [0.3, 0.4) is 0 Å². The number of hydrogen-bond donors (Lipinski definition) is 4. The van der Waals surface area contributed by atoms with Crippen LogP contribution in [-0.4, -0.2) is 81.2 Å². The van der Waals surface area contributed by atoms with Crippen molar-refractivity contribution < 1.29 is 51.0 Å². The van der Waals surface area contributed by atoms with Gasteiger partial charge in [0.15, 0.2) is 0 Å². The van der Waals surface area contributed by atoms with Gasteiger partial charge in [0.25, 0.3) is 0 Å². The van der Waals surface area contributed by atoms with Gasteiger partial charge in [-0.15, -0.1) is 0 Å². The number of aromatic nitrogens is 2. The number of ether oxygens (including phenoxy) is 1. The van der Waals surface area contributed by atoms with E-state index in [9.17, 15) is 41.8 Å². The number of nitrogens with zero attached hydrogens (tertiary/aromatic N) is 3. The monoisotopic (exact) mass is 752 g/mol. The van der Waals surface area contributed by atoms with E-state index in [-0.39, 0.29) is 54.6 Å². The number of rotatable bonds is 15. The van der Waals surface area contributed by atoms with Crippen molar-refractivity contribution in [3.8, 4) is 17.0 Å². The summed E-state index contributed by atoms with van der Waals surface area (Å²) in [6.45, 7) is 9.02. The Kier molecular flexibility index (Phi) is 14.2. The van der Waals surface area contributed by atoms with E-state index >= 15 is 4.39 Å². The zero-order chi connectivity index (χ0) is 39.8.